The molecule has 0 aliphatic carbocycles. The van der Waals surface area contributed by atoms with Crippen LogP contribution in [-0.2, 0) is 0 Å². The van der Waals surface area contributed by atoms with E-state index in [-0.39, 0.29) is 0 Å². The number of piperazine rings is 1. The molecular formula is C17H28N2O2. The van der Waals surface area contributed by atoms with Gasteiger partial charge in [-0.25, -0.2) is 0 Å². The molecule has 1 saturated heterocycles. The lowest BCUT2D eigenvalue weighted by atomic mass is 10.0. The van der Waals surface area contributed by atoms with Crippen LogP contribution >= 0.6 is 0 Å². The van der Waals surface area contributed by atoms with Gasteiger partial charge in [0.25, 0.3) is 0 Å². The van der Waals surface area contributed by atoms with Gasteiger partial charge in [0.15, 0.2) is 0 Å². The topological polar surface area (TPSA) is 44.7 Å². The van der Waals surface area contributed by atoms with Crippen LogP contribution in [-0.4, -0.2) is 49.3 Å². The predicted octanol–water partition coefficient (Wildman–Crippen LogP) is 2.03. The Morgan fingerprint density at radius 2 is 2.00 bits per heavy atom. The molecule has 0 aromatic heterocycles. The summed E-state index contributed by atoms with van der Waals surface area (Å²) in [7, 11) is 0. The molecule has 1 fully saturated rings. The smallest absolute Gasteiger partial charge is 0.128 e. The summed E-state index contributed by atoms with van der Waals surface area (Å²) in [4.78, 5) is 2.31. The molecule has 4 heteroatoms. The quantitative estimate of drug-likeness (QED) is 0.842. The van der Waals surface area contributed by atoms with Gasteiger partial charge in [-0.3, -0.25) is 4.90 Å². The summed E-state index contributed by atoms with van der Waals surface area (Å²) >= 11 is 0. The van der Waals surface area contributed by atoms with Crippen molar-refractivity contribution in [1.29, 1.82) is 0 Å². The van der Waals surface area contributed by atoms with Crippen molar-refractivity contribution >= 4 is 0 Å². The van der Waals surface area contributed by atoms with E-state index in [1.54, 1.807) is 0 Å². The molecular weight excluding hydrogens is 264 g/mol. The summed E-state index contributed by atoms with van der Waals surface area (Å²) in [5.74, 6) is 0.866. The standard InChI is InChI=1S/C17H28N2O2/c1-4-9-21-17-14(3)10-13(2)11-15(17)16(20)12-19-7-5-18-6-8-19/h10-11,16,18,20H,4-9,12H2,1-3H3. The van der Waals surface area contributed by atoms with E-state index in [0.717, 1.165) is 49.5 Å². The number of ether oxygens (including phenoxy) is 1. The molecule has 0 saturated carbocycles. The summed E-state index contributed by atoms with van der Waals surface area (Å²) in [6.45, 7) is 11.6. The lowest BCUT2D eigenvalue weighted by Gasteiger charge is -2.30. The Morgan fingerprint density at radius 3 is 2.67 bits per heavy atom. The Hall–Kier alpha value is -1.10. The monoisotopic (exact) mass is 292 g/mol. The minimum atomic E-state index is -0.492. The fourth-order valence-electron chi connectivity index (χ4n) is 2.87. The highest BCUT2D eigenvalue weighted by molar-refractivity contribution is 5.45. The van der Waals surface area contributed by atoms with Crippen LogP contribution < -0.4 is 10.1 Å². The van der Waals surface area contributed by atoms with Crippen LogP contribution in [0.15, 0.2) is 12.1 Å². The molecule has 2 N–H and O–H groups in total. The Balaban J connectivity index is 2.15. The van der Waals surface area contributed by atoms with E-state index in [1.807, 2.05) is 0 Å². The molecule has 0 spiro atoms. The van der Waals surface area contributed by atoms with Crippen LogP contribution in [0.25, 0.3) is 0 Å². The van der Waals surface area contributed by atoms with Crippen LogP contribution in [0.2, 0.25) is 0 Å². The third kappa shape index (κ3) is 4.43. The number of aliphatic hydroxyl groups is 1. The summed E-state index contributed by atoms with van der Waals surface area (Å²) in [5, 5.41) is 14.0. The van der Waals surface area contributed by atoms with Crippen molar-refractivity contribution in [2.45, 2.75) is 33.3 Å². The normalized spacial score (nSPS) is 17.7. The number of nitrogens with zero attached hydrogens (tertiary/aromatic N) is 1. The molecule has 118 valence electrons. The highest BCUT2D eigenvalue weighted by atomic mass is 16.5. The van der Waals surface area contributed by atoms with Crippen molar-refractivity contribution in [3.05, 3.63) is 28.8 Å². The molecule has 1 atom stereocenters. The number of hydrogen-bond donors (Lipinski definition) is 2. The minimum absolute atomic E-state index is 0.492. The third-order valence-electron chi connectivity index (χ3n) is 3.90. The fourth-order valence-corrected chi connectivity index (χ4v) is 2.87. The molecule has 1 aliphatic heterocycles. The van der Waals surface area contributed by atoms with Gasteiger partial charge in [0.05, 0.1) is 12.7 Å². The van der Waals surface area contributed by atoms with Crippen molar-refractivity contribution in [3.8, 4) is 5.75 Å². The van der Waals surface area contributed by atoms with Gasteiger partial charge >= 0.3 is 0 Å². The van der Waals surface area contributed by atoms with Crippen molar-refractivity contribution in [3.63, 3.8) is 0 Å². The first-order chi connectivity index (χ1) is 10.1. The average Bonchev–Trinajstić information content (AvgIpc) is 2.46. The number of nitrogens with one attached hydrogen (secondary N) is 1. The second kappa shape index (κ2) is 7.78. The summed E-state index contributed by atoms with van der Waals surface area (Å²) in [6, 6.07) is 4.18. The van der Waals surface area contributed by atoms with Gasteiger partial charge in [0, 0.05) is 38.3 Å². The van der Waals surface area contributed by atoms with Gasteiger partial charge in [-0.15, -0.1) is 0 Å². The lowest BCUT2D eigenvalue weighted by Crippen LogP contribution is -2.45. The maximum Gasteiger partial charge on any atom is 0.128 e. The SMILES string of the molecule is CCCOc1c(C)cc(C)cc1C(O)CN1CCNCC1. The zero-order valence-corrected chi connectivity index (χ0v) is 13.5. The number of benzene rings is 1. The van der Waals surface area contributed by atoms with E-state index in [2.05, 4.69) is 43.1 Å². The van der Waals surface area contributed by atoms with Gasteiger partial charge in [-0.1, -0.05) is 18.6 Å². The van der Waals surface area contributed by atoms with Crippen LogP contribution in [0.1, 0.15) is 36.1 Å². The van der Waals surface area contributed by atoms with Crippen molar-refractivity contribution < 1.29 is 9.84 Å². The maximum atomic E-state index is 10.7. The van der Waals surface area contributed by atoms with Gasteiger partial charge in [0.1, 0.15) is 5.75 Å². The summed E-state index contributed by atoms with van der Waals surface area (Å²) < 4.78 is 5.89. The van der Waals surface area contributed by atoms with Gasteiger partial charge < -0.3 is 15.2 Å². The van der Waals surface area contributed by atoms with Crippen molar-refractivity contribution in [1.82, 2.24) is 10.2 Å². The Labute approximate surface area is 128 Å². The van der Waals surface area contributed by atoms with E-state index < -0.39 is 6.10 Å². The molecule has 1 aliphatic rings. The molecule has 0 bridgehead atoms. The Morgan fingerprint density at radius 1 is 1.29 bits per heavy atom. The summed E-state index contributed by atoms with van der Waals surface area (Å²) in [6.07, 6.45) is 0.481. The zero-order chi connectivity index (χ0) is 15.2. The summed E-state index contributed by atoms with van der Waals surface area (Å²) in [5.41, 5.74) is 3.21. The molecule has 1 aromatic rings. The first kappa shape index (κ1) is 16.3. The Kier molecular flexibility index (Phi) is 6.03. The second-order valence-corrected chi connectivity index (χ2v) is 5.92. The van der Waals surface area contributed by atoms with E-state index >= 15 is 0 Å². The number of rotatable bonds is 6. The van der Waals surface area contributed by atoms with Crippen LogP contribution in [0, 0.1) is 13.8 Å². The zero-order valence-electron chi connectivity index (χ0n) is 13.5. The molecule has 0 radical (unpaired) electrons. The Bertz CT molecular complexity index is 456. The lowest BCUT2D eigenvalue weighted by molar-refractivity contribution is 0.102. The van der Waals surface area contributed by atoms with Gasteiger partial charge in [0.2, 0.25) is 0 Å². The van der Waals surface area contributed by atoms with Gasteiger partial charge in [-0.05, 0) is 31.9 Å². The third-order valence-corrected chi connectivity index (χ3v) is 3.90. The minimum Gasteiger partial charge on any atom is -0.493 e. The average molecular weight is 292 g/mol. The first-order valence-electron chi connectivity index (χ1n) is 7.97. The molecule has 2 rings (SSSR count). The number of hydrogen-bond acceptors (Lipinski definition) is 4. The number of β-amino-alcohol motifs (C(OH)–C–C–N with tert-alkyl or cyclic N) is 1. The van der Waals surface area contributed by atoms with Crippen molar-refractivity contribution in [2.24, 2.45) is 0 Å². The molecule has 1 aromatic carbocycles. The van der Waals surface area contributed by atoms with Crippen LogP contribution in [0.3, 0.4) is 0 Å². The largest absolute Gasteiger partial charge is 0.493 e. The van der Waals surface area contributed by atoms with E-state index in [9.17, 15) is 5.11 Å². The molecule has 21 heavy (non-hydrogen) atoms. The van der Waals surface area contributed by atoms with Crippen molar-refractivity contribution in [2.75, 3.05) is 39.3 Å². The predicted molar refractivity (Wildman–Crippen MR) is 86.0 cm³/mol. The molecule has 1 unspecified atom stereocenters. The number of aryl methyl sites for hydroxylation is 2. The second-order valence-electron chi connectivity index (χ2n) is 5.92. The van der Waals surface area contributed by atoms with E-state index in [4.69, 9.17) is 4.74 Å². The van der Waals surface area contributed by atoms with Crippen LogP contribution in [0.4, 0.5) is 0 Å². The van der Waals surface area contributed by atoms with Gasteiger partial charge in [-0.2, -0.15) is 0 Å². The maximum absolute atomic E-state index is 10.7. The highest BCUT2D eigenvalue weighted by Gasteiger charge is 2.20. The van der Waals surface area contributed by atoms with E-state index in [1.165, 1.54) is 5.56 Å². The number of aliphatic hydroxyl groups excluding tert-OH is 1. The first-order valence-corrected chi connectivity index (χ1v) is 7.97. The fraction of sp³-hybridized carbons (Fsp3) is 0.647. The highest BCUT2D eigenvalue weighted by Crippen LogP contribution is 2.31. The molecule has 0 amide bonds. The van der Waals surface area contributed by atoms with E-state index in [0.29, 0.717) is 13.2 Å². The van der Waals surface area contributed by atoms with Crippen LogP contribution in [0.5, 0.6) is 5.75 Å². The molecule has 1 heterocycles. The molecule has 4 nitrogen and oxygen atoms in total.